The first-order valence-electron chi connectivity index (χ1n) is 9.42. The Kier molecular flexibility index (Phi) is 6.07. The molecule has 28 heavy (non-hydrogen) atoms. The highest BCUT2D eigenvalue weighted by atomic mass is 32.2. The lowest BCUT2D eigenvalue weighted by atomic mass is 10.1. The summed E-state index contributed by atoms with van der Waals surface area (Å²) in [4.78, 5) is 26.7. The minimum atomic E-state index is -3.12. The number of nitrogens with zero attached hydrogens (tertiary/aromatic N) is 1. The highest BCUT2D eigenvalue weighted by molar-refractivity contribution is 7.91. The van der Waals surface area contributed by atoms with Crippen LogP contribution in [-0.4, -0.2) is 62.0 Å². The molecule has 0 aromatic heterocycles. The van der Waals surface area contributed by atoms with E-state index in [-0.39, 0.29) is 36.1 Å². The average molecular weight is 407 g/mol. The zero-order chi connectivity index (χ0) is 20.3. The van der Waals surface area contributed by atoms with E-state index in [1.807, 2.05) is 38.1 Å². The molecular weight excluding hydrogens is 382 g/mol. The second-order valence-electron chi connectivity index (χ2n) is 7.19. The smallest absolute Gasteiger partial charge is 0.338 e. The first-order valence-corrected chi connectivity index (χ1v) is 11.2. The first kappa shape index (κ1) is 20.4. The lowest BCUT2D eigenvalue weighted by Gasteiger charge is -2.33. The zero-order valence-corrected chi connectivity index (χ0v) is 16.9. The molecule has 3 rings (SSSR count). The molecule has 2 aliphatic rings. The molecule has 0 unspecified atom stereocenters. The number of fused-ring (bicyclic) bond motifs is 1. The van der Waals surface area contributed by atoms with Gasteiger partial charge < -0.3 is 14.4 Å². The topological polar surface area (TPSA) is 90.0 Å². The Bertz CT molecular complexity index is 892. The zero-order valence-electron chi connectivity index (χ0n) is 16.1. The van der Waals surface area contributed by atoms with Crippen molar-refractivity contribution in [2.45, 2.75) is 38.8 Å². The third-order valence-corrected chi connectivity index (χ3v) is 6.93. The summed E-state index contributed by atoms with van der Waals surface area (Å²) in [5.74, 6) is -0.234. The minimum Gasteiger partial charge on any atom is -0.488 e. The van der Waals surface area contributed by atoms with Crippen LogP contribution in [0.15, 0.2) is 29.8 Å². The lowest BCUT2D eigenvalue weighted by Crippen LogP contribution is -2.48. The fourth-order valence-electron chi connectivity index (χ4n) is 3.53. The molecule has 0 aliphatic carbocycles. The van der Waals surface area contributed by atoms with E-state index in [2.05, 4.69) is 0 Å². The first-order chi connectivity index (χ1) is 13.3. The van der Waals surface area contributed by atoms with Gasteiger partial charge in [0.05, 0.1) is 17.1 Å². The Labute approximate surface area is 165 Å². The third-order valence-electron chi connectivity index (χ3n) is 5.18. The number of hydrogen-bond donors (Lipinski definition) is 0. The van der Waals surface area contributed by atoms with Gasteiger partial charge in [0.15, 0.2) is 16.4 Å². The SMILES string of the molecule is CC[C@@H](C)N(C(=O)COC(=O)C1=Cc2ccccc2OC1)[C@@H]1CCS(=O)(=O)C1. The predicted molar refractivity (Wildman–Crippen MR) is 105 cm³/mol. The quantitative estimate of drug-likeness (QED) is 0.668. The molecule has 0 N–H and O–H groups in total. The molecule has 0 bridgehead atoms. The molecule has 152 valence electrons. The number of esters is 1. The monoisotopic (exact) mass is 407 g/mol. The van der Waals surface area contributed by atoms with Gasteiger partial charge in [0.25, 0.3) is 5.91 Å². The van der Waals surface area contributed by atoms with Crippen molar-refractivity contribution in [1.82, 2.24) is 4.90 Å². The van der Waals surface area contributed by atoms with Crippen LogP contribution in [0, 0.1) is 0 Å². The van der Waals surface area contributed by atoms with Gasteiger partial charge in [0, 0.05) is 17.6 Å². The standard InChI is InChI=1S/C20H25NO6S/c1-3-14(2)21(17-8-9-28(24,25)13-17)19(22)12-27-20(23)16-10-15-6-4-5-7-18(15)26-11-16/h4-7,10,14,17H,3,8-9,11-13H2,1-2H3/t14-,17-/m1/s1. The Morgan fingerprint density at radius 1 is 1.32 bits per heavy atom. The highest BCUT2D eigenvalue weighted by Gasteiger charge is 2.36. The molecule has 2 aliphatic heterocycles. The van der Waals surface area contributed by atoms with Gasteiger partial charge >= 0.3 is 5.97 Å². The van der Waals surface area contributed by atoms with E-state index < -0.39 is 22.4 Å². The largest absolute Gasteiger partial charge is 0.488 e. The molecule has 2 heterocycles. The van der Waals surface area contributed by atoms with Crippen molar-refractivity contribution in [3.63, 3.8) is 0 Å². The van der Waals surface area contributed by atoms with Crippen molar-refractivity contribution in [3.05, 3.63) is 35.4 Å². The van der Waals surface area contributed by atoms with E-state index >= 15 is 0 Å². The summed E-state index contributed by atoms with van der Waals surface area (Å²) in [5.41, 5.74) is 1.12. The number of para-hydroxylation sites is 1. The van der Waals surface area contributed by atoms with E-state index in [4.69, 9.17) is 9.47 Å². The molecule has 1 aromatic carbocycles. The van der Waals surface area contributed by atoms with Gasteiger partial charge in [-0.1, -0.05) is 25.1 Å². The number of ether oxygens (including phenoxy) is 2. The predicted octanol–water partition coefficient (Wildman–Crippen LogP) is 1.82. The normalized spacial score (nSPS) is 21.1. The Hall–Kier alpha value is -2.35. The summed E-state index contributed by atoms with van der Waals surface area (Å²) in [6.45, 7) is 3.47. The Morgan fingerprint density at radius 2 is 2.07 bits per heavy atom. The van der Waals surface area contributed by atoms with Crippen molar-refractivity contribution >= 4 is 27.8 Å². The van der Waals surface area contributed by atoms with Gasteiger partial charge in [-0.2, -0.15) is 0 Å². The number of rotatable bonds is 6. The molecule has 1 amide bonds. The molecule has 0 radical (unpaired) electrons. The Balaban J connectivity index is 1.64. The maximum absolute atomic E-state index is 12.7. The van der Waals surface area contributed by atoms with Crippen molar-refractivity contribution in [1.29, 1.82) is 0 Å². The molecule has 0 spiro atoms. The highest BCUT2D eigenvalue weighted by Crippen LogP contribution is 2.26. The van der Waals surface area contributed by atoms with Gasteiger partial charge in [0.2, 0.25) is 0 Å². The Morgan fingerprint density at radius 3 is 2.75 bits per heavy atom. The van der Waals surface area contributed by atoms with Gasteiger partial charge in [-0.05, 0) is 31.9 Å². The van der Waals surface area contributed by atoms with Crippen molar-refractivity contribution in [2.75, 3.05) is 24.7 Å². The summed E-state index contributed by atoms with van der Waals surface area (Å²) >= 11 is 0. The lowest BCUT2D eigenvalue weighted by molar-refractivity contribution is -0.151. The van der Waals surface area contributed by atoms with Crippen molar-refractivity contribution in [2.24, 2.45) is 0 Å². The molecule has 1 fully saturated rings. The number of amides is 1. The third kappa shape index (κ3) is 4.55. The summed E-state index contributed by atoms with van der Waals surface area (Å²) in [5, 5.41) is 0. The van der Waals surface area contributed by atoms with Crippen LogP contribution in [-0.2, 0) is 24.2 Å². The van der Waals surface area contributed by atoms with Crippen LogP contribution in [0.5, 0.6) is 5.75 Å². The number of sulfone groups is 1. The number of carbonyl (C=O) groups is 2. The number of carbonyl (C=O) groups excluding carboxylic acids is 2. The summed E-state index contributed by atoms with van der Waals surface area (Å²) in [7, 11) is -3.12. The maximum atomic E-state index is 12.7. The molecule has 8 heteroatoms. The van der Waals surface area contributed by atoms with E-state index in [1.54, 1.807) is 11.0 Å². The van der Waals surface area contributed by atoms with Crippen LogP contribution >= 0.6 is 0 Å². The molecule has 1 saturated heterocycles. The number of benzene rings is 1. The van der Waals surface area contributed by atoms with Crippen LogP contribution < -0.4 is 4.74 Å². The van der Waals surface area contributed by atoms with Crippen LogP contribution in [0.25, 0.3) is 6.08 Å². The fraction of sp³-hybridized carbons (Fsp3) is 0.500. The van der Waals surface area contributed by atoms with Crippen molar-refractivity contribution < 1.29 is 27.5 Å². The van der Waals surface area contributed by atoms with E-state index in [0.717, 1.165) is 5.56 Å². The van der Waals surface area contributed by atoms with Gasteiger partial charge in [0.1, 0.15) is 12.4 Å². The maximum Gasteiger partial charge on any atom is 0.338 e. The van der Waals surface area contributed by atoms with Crippen LogP contribution in [0.2, 0.25) is 0 Å². The summed E-state index contributed by atoms with van der Waals surface area (Å²) < 4.78 is 34.4. The van der Waals surface area contributed by atoms with Crippen LogP contribution in [0.4, 0.5) is 0 Å². The second kappa shape index (κ2) is 8.34. The van der Waals surface area contributed by atoms with Crippen molar-refractivity contribution in [3.8, 4) is 5.75 Å². The number of hydrogen-bond acceptors (Lipinski definition) is 6. The van der Waals surface area contributed by atoms with Crippen LogP contribution in [0.3, 0.4) is 0 Å². The molecule has 1 aromatic rings. The molecule has 0 saturated carbocycles. The fourth-order valence-corrected chi connectivity index (χ4v) is 5.24. The molecule has 7 nitrogen and oxygen atoms in total. The van der Waals surface area contributed by atoms with Gasteiger partial charge in [-0.15, -0.1) is 0 Å². The van der Waals surface area contributed by atoms with Gasteiger partial charge in [-0.25, -0.2) is 13.2 Å². The second-order valence-corrected chi connectivity index (χ2v) is 9.42. The summed E-state index contributed by atoms with van der Waals surface area (Å²) in [6, 6.07) is 6.84. The minimum absolute atomic E-state index is 0.0349. The van der Waals surface area contributed by atoms with Crippen LogP contribution in [0.1, 0.15) is 32.3 Å². The van der Waals surface area contributed by atoms with Gasteiger partial charge in [-0.3, -0.25) is 4.79 Å². The molecular formula is C20H25NO6S. The van der Waals surface area contributed by atoms with E-state index in [9.17, 15) is 18.0 Å². The van der Waals surface area contributed by atoms with E-state index in [0.29, 0.717) is 24.2 Å². The average Bonchev–Trinajstić information content (AvgIpc) is 3.04. The van der Waals surface area contributed by atoms with E-state index in [1.165, 1.54) is 0 Å². The molecule has 2 atom stereocenters. The summed E-state index contributed by atoms with van der Waals surface area (Å²) in [6.07, 6.45) is 2.80.